The Morgan fingerprint density at radius 2 is 1.91 bits per heavy atom. The van der Waals surface area contributed by atoms with Gasteiger partial charge in [-0.25, -0.2) is 13.6 Å². The zero-order valence-corrected chi connectivity index (χ0v) is 7.10. The summed E-state index contributed by atoms with van der Waals surface area (Å²) in [7, 11) is -3.33. The van der Waals surface area contributed by atoms with Crippen molar-refractivity contribution < 1.29 is 8.42 Å². The van der Waals surface area contributed by atoms with E-state index in [0.717, 1.165) is 26.2 Å². The molecule has 0 bridgehead atoms. The summed E-state index contributed by atoms with van der Waals surface area (Å²) < 4.78 is 21.2. The molecule has 1 aliphatic heterocycles. The van der Waals surface area contributed by atoms with Gasteiger partial charge < -0.3 is 5.32 Å². The molecule has 1 aliphatic rings. The molecule has 6 heteroatoms. The van der Waals surface area contributed by atoms with Crippen molar-refractivity contribution >= 4 is 10.0 Å². The Kier molecular flexibility index (Phi) is 2.83. The maximum absolute atomic E-state index is 10.6. The number of hydrogen-bond acceptors (Lipinski definition) is 4. The van der Waals surface area contributed by atoms with Gasteiger partial charge in [-0.15, -0.1) is 0 Å². The van der Waals surface area contributed by atoms with Gasteiger partial charge in [-0.3, -0.25) is 4.90 Å². The van der Waals surface area contributed by atoms with Crippen LogP contribution in [0.25, 0.3) is 0 Å². The highest BCUT2D eigenvalue weighted by Crippen LogP contribution is 1.93. The Hall–Kier alpha value is -0.170. The van der Waals surface area contributed by atoms with E-state index in [1.807, 2.05) is 4.90 Å². The lowest BCUT2D eigenvalue weighted by molar-refractivity contribution is 0.274. The smallest absolute Gasteiger partial charge is 0.222 e. The highest BCUT2D eigenvalue weighted by molar-refractivity contribution is 7.89. The van der Waals surface area contributed by atoms with E-state index in [-0.39, 0.29) is 5.88 Å². The van der Waals surface area contributed by atoms with Gasteiger partial charge >= 0.3 is 0 Å². The monoisotopic (exact) mass is 179 g/mol. The van der Waals surface area contributed by atoms with Gasteiger partial charge in [0.15, 0.2) is 0 Å². The van der Waals surface area contributed by atoms with Gasteiger partial charge in [0.2, 0.25) is 10.0 Å². The summed E-state index contributed by atoms with van der Waals surface area (Å²) in [4.78, 5) is 1.83. The second-order valence-electron chi connectivity index (χ2n) is 2.66. The predicted octanol–water partition coefficient (Wildman–Crippen LogP) is -1.86. The van der Waals surface area contributed by atoms with E-state index in [2.05, 4.69) is 5.32 Å². The quantitative estimate of drug-likeness (QED) is 0.521. The molecule has 0 aromatic rings. The lowest BCUT2D eigenvalue weighted by Gasteiger charge is -2.25. The van der Waals surface area contributed by atoms with E-state index in [9.17, 15) is 8.42 Å². The molecule has 1 fully saturated rings. The second-order valence-corrected chi connectivity index (χ2v) is 4.24. The van der Waals surface area contributed by atoms with Gasteiger partial charge in [-0.2, -0.15) is 0 Å². The molecule has 0 aromatic carbocycles. The van der Waals surface area contributed by atoms with Crippen LogP contribution in [0.4, 0.5) is 0 Å². The van der Waals surface area contributed by atoms with Crippen molar-refractivity contribution in [2.45, 2.75) is 0 Å². The number of nitrogens with zero attached hydrogens (tertiary/aromatic N) is 1. The first kappa shape index (κ1) is 8.92. The van der Waals surface area contributed by atoms with Crippen LogP contribution >= 0.6 is 0 Å². The molecular weight excluding hydrogens is 166 g/mol. The van der Waals surface area contributed by atoms with E-state index >= 15 is 0 Å². The Bertz CT molecular complexity index is 208. The number of nitrogens with two attached hydrogens (primary N) is 1. The maximum atomic E-state index is 10.6. The molecule has 0 radical (unpaired) electrons. The molecule has 1 heterocycles. The van der Waals surface area contributed by atoms with E-state index < -0.39 is 10.0 Å². The molecule has 0 atom stereocenters. The third kappa shape index (κ3) is 3.66. The summed E-state index contributed by atoms with van der Waals surface area (Å²) in [6.45, 7) is 3.21. The van der Waals surface area contributed by atoms with Crippen molar-refractivity contribution in [3.63, 3.8) is 0 Å². The van der Waals surface area contributed by atoms with Crippen molar-refractivity contribution in [3.8, 4) is 0 Å². The zero-order valence-electron chi connectivity index (χ0n) is 6.28. The molecule has 0 saturated carbocycles. The molecular formula is C5H13N3O2S. The molecule has 5 nitrogen and oxygen atoms in total. The summed E-state index contributed by atoms with van der Waals surface area (Å²) in [5, 5.41) is 8.00. The van der Waals surface area contributed by atoms with E-state index in [1.165, 1.54) is 0 Å². The van der Waals surface area contributed by atoms with Crippen molar-refractivity contribution in [1.29, 1.82) is 0 Å². The van der Waals surface area contributed by atoms with Gasteiger partial charge in [0.1, 0.15) is 5.88 Å². The lowest BCUT2D eigenvalue weighted by Crippen LogP contribution is -2.46. The van der Waals surface area contributed by atoms with E-state index in [1.54, 1.807) is 0 Å². The van der Waals surface area contributed by atoms with Gasteiger partial charge in [0.05, 0.1) is 0 Å². The lowest BCUT2D eigenvalue weighted by atomic mass is 10.4. The highest BCUT2D eigenvalue weighted by atomic mass is 32.2. The Morgan fingerprint density at radius 1 is 1.36 bits per heavy atom. The second kappa shape index (κ2) is 3.48. The Balaban J connectivity index is 2.36. The van der Waals surface area contributed by atoms with E-state index in [0.29, 0.717) is 0 Å². The van der Waals surface area contributed by atoms with Crippen LogP contribution < -0.4 is 10.5 Å². The van der Waals surface area contributed by atoms with E-state index in [4.69, 9.17) is 5.14 Å². The molecule has 3 N–H and O–H groups in total. The average molecular weight is 179 g/mol. The summed E-state index contributed by atoms with van der Waals surface area (Å²) in [5.74, 6) is -0.0192. The van der Waals surface area contributed by atoms with Crippen LogP contribution in [-0.4, -0.2) is 45.4 Å². The number of nitrogens with one attached hydrogen (secondary N) is 1. The topological polar surface area (TPSA) is 75.4 Å². The van der Waals surface area contributed by atoms with Crippen LogP contribution in [0.3, 0.4) is 0 Å². The number of hydrogen-bond donors (Lipinski definition) is 2. The minimum atomic E-state index is -3.33. The molecule has 11 heavy (non-hydrogen) atoms. The van der Waals surface area contributed by atoms with Gasteiger partial charge in [0.25, 0.3) is 0 Å². The number of rotatable bonds is 2. The van der Waals surface area contributed by atoms with Crippen LogP contribution in [0.15, 0.2) is 0 Å². The minimum absolute atomic E-state index is 0.0192. The fourth-order valence-corrected chi connectivity index (χ4v) is 1.86. The third-order valence-electron chi connectivity index (χ3n) is 1.57. The SMILES string of the molecule is NS(=O)(=O)CN1CCNCC1. The minimum Gasteiger partial charge on any atom is -0.314 e. The first-order valence-corrected chi connectivity index (χ1v) is 5.23. The highest BCUT2D eigenvalue weighted by Gasteiger charge is 2.14. The van der Waals surface area contributed by atoms with Crippen LogP contribution in [0, 0.1) is 0 Å². The van der Waals surface area contributed by atoms with Crippen LogP contribution in [0.5, 0.6) is 0 Å². The Morgan fingerprint density at radius 3 is 2.36 bits per heavy atom. The first-order chi connectivity index (χ1) is 5.08. The molecule has 0 amide bonds. The van der Waals surface area contributed by atoms with Gasteiger partial charge in [-0.1, -0.05) is 0 Å². The first-order valence-electron chi connectivity index (χ1n) is 3.51. The van der Waals surface area contributed by atoms with Crippen LogP contribution in [0.1, 0.15) is 0 Å². The molecule has 0 spiro atoms. The number of primary sulfonamides is 1. The average Bonchev–Trinajstić information content (AvgIpc) is 1.85. The molecule has 0 aromatic heterocycles. The predicted molar refractivity (Wildman–Crippen MR) is 42.4 cm³/mol. The van der Waals surface area contributed by atoms with Crippen LogP contribution in [-0.2, 0) is 10.0 Å². The molecule has 1 rings (SSSR count). The fourth-order valence-electron chi connectivity index (χ4n) is 1.09. The molecule has 1 saturated heterocycles. The summed E-state index contributed by atoms with van der Waals surface area (Å²) >= 11 is 0. The standard InChI is InChI=1S/C5H13N3O2S/c6-11(9,10)5-8-3-1-7-2-4-8/h7H,1-5H2,(H2,6,9,10). The van der Waals surface area contributed by atoms with Crippen molar-refractivity contribution in [3.05, 3.63) is 0 Å². The number of piperazine rings is 1. The maximum Gasteiger partial charge on any atom is 0.222 e. The zero-order chi connectivity index (χ0) is 8.32. The molecule has 0 unspecified atom stereocenters. The summed E-state index contributed by atoms with van der Waals surface area (Å²) in [6.07, 6.45) is 0. The van der Waals surface area contributed by atoms with Gasteiger partial charge in [-0.05, 0) is 0 Å². The summed E-state index contributed by atoms with van der Waals surface area (Å²) in [6, 6.07) is 0. The van der Waals surface area contributed by atoms with Crippen molar-refractivity contribution in [2.24, 2.45) is 5.14 Å². The van der Waals surface area contributed by atoms with Crippen LogP contribution in [0.2, 0.25) is 0 Å². The van der Waals surface area contributed by atoms with Gasteiger partial charge in [0, 0.05) is 26.2 Å². The third-order valence-corrected chi connectivity index (χ3v) is 2.30. The summed E-state index contributed by atoms with van der Waals surface area (Å²) in [5.41, 5.74) is 0. The fraction of sp³-hybridized carbons (Fsp3) is 1.00. The number of sulfonamides is 1. The molecule has 0 aliphatic carbocycles. The largest absolute Gasteiger partial charge is 0.314 e. The normalized spacial score (nSPS) is 21.9. The van der Waals surface area contributed by atoms with Crippen molar-refractivity contribution in [2.75, 3.05) is 32.1 Å². The molecule has 66 valence electrons. The Labute approximate surface area is 66.6 Å². The van der Waals surface area contributed by atoms with Crippen molar-refractivity contribution in [1.82, 2.24) is 10.2 Å².